The summed E-state index contributed by atoms with van der Waals surface area (Å²) in [5, 5.41) is 0. The van der Waals surface area contributed by atoms with Crippen LogP contribution in [0.3, 0.4) is 0 Å². The van der Waals surface area contributed by atoms with Crippen molar-refractivity contribution in [3.05, 3.63) is 29.8 Å². The monoisotopic (exact) mass is 365 g/mol. The van der Waals surface area contributed by atoms with E-state index in [2.05, 4.69) is 0 Å². The first-order valence-corrected chi connectivity index (χ1v) is 6.35. The zero-order valence-corrected chi connectivity index (χ0v) is 11.5. The number of alkyl halides is 9. The highest BCUT2D eigenvalue weighted by molar-refractivity contribution is 6.00. The number of hydrogen-bond donors (Lipinski definition) is 0. The summed E-state index contributed by atoms with van der Waals surface area (Å²) in [6.07, 6.45) is -6.98. The molecule has 1 heterocycles. The maximum absolute atomic E-state index is 13.6. The van der Waals surface area contributed by atoms with Gasteiger partial charge < -0.3 is 4.90 Å². The Hall–Kier alpha value is -1.94. The molecule has 0 unspecified atom stereocenters. The molecule has 0 spiro atoms. The van der Waals surface area contributed by atoms with Crippen LogP contribution in [0.25, 0.3) is 0 Å². The molecule has 0 radical (unpaired) electrons. The maximum atomic E-state index is 13.6. The number of fused-ring (bicyclic) bond motifs is 1. The van der Waals surface area contributed by atoms with Crippen molar-refractivity contribution in [2.24, 2.45) is 0 Å². The Labute approximate surface area is 128 Å². The Morgan fingerprint density at radius 3 is 1.96 bits per heavy atom. The van der Waals surface area contributed by atoms with Gasteiger partial charge in [0.15, 0.2) is 0 Å². The van der Waals surface area contributed by atoms with Crippen molar-refractivity contribution in [3.63, 3.8) is 0 Å². The van der Waals surface area contributed by atoms with Gasteiger partial charge in [-0.1, -0.05) is 18.2 Å². The number of nitrogens with zero attached hydrogens (tertiary/aromatic N) is 1. The molecule has 0 aromatic heterocycles. The SMILES string of the molecule is O=C(N1CCc2ccccc21)C(F)(F)C(F)(F)C(F)(F)C(F)(F)F. The Balaban J connectivity index is 2.42. The average molecular weight is 365 g/mol. The summed E-state index contributed by atoms with van der Waals surface area (Å²) in [5.74, 6) is -23.1. The molecule has 0 saturated carbocycles. The predicted octanol–water partition coefficient (Wildman–Crippen LogP) is 4.04. The van der Waals surface area contributed by atoms with Crippen LogP contribution in [0.1, 0.15) is 5.56 Å². The molecule has 1 aliphatic rings. The van der Waals surface area contributed by atoms with Gasteiger partial charge in [0.1, 0.15) is 0 Å². The molecule has 0 N–H and O–H groups in total. The zero-order valence-electron chi connectivity index (χ0n) is 11.5. The number of hydrogen-bond acceptors (Lipinski definition) is 1. The molecule has 0 bridgehead atoms. The van der Waals surface area contributed by atoms with Crippen LogP contribution >= 0.6 is 0 Å². The fraction of sp³-hybridized carbons (Fsp3) is 0.462. The van der Waals surface area contributed by atoms with Gasteiger partial charge in [-0.25, -0.2) is 0 Å². The number of benzene rings is 1. The Morgan fingerprint density at radius 2 is 1.42 bits per heavy atom. The van der Waals surface area contributed by atoms with Gasteiger partial charge in [-0.15, -0.1) is 0 Å². The van der Waals surface area contributed by atoms with Crippen molar-refractivity contribution in [2.75, 3.05) is 11.4 Å². The second-order valence-electron chi connectivity index (χ2n) is 5.06. The summed E-state index contributed by atoms with van der Waals surface area (Å²) in [6.45, 7) is -0.540. The van der Waals surface area contributed by atoms with E-state index >= 15 is 0 Å². The Kier molecular flexibility index (Phi) is 4.05. The zero-order chi connectivity index (χ0) is 18.6. The number of anilines is 1. The van der Waals surface area contributed by atoms with Gasteiger partial charge >= 0.3 is 29.9 Å². The summed E-state index contributed by atoms with van der Waals surface area (Å²) in [7, 11) is 0. The van der Waals surface area contributed by atoms with Crippen molar-refractivity contribution < 1.29 is 44.3 Å². The molecule has 0 aliphatic carbocycles. The van der Waals surface area contributed by atoms with Crippen molar-refractivity contribution in [1.82, 2.24) is 0 Å². The molecule has 0 fully saturated rings. The predicted molar refractivity (Wildman–Crippen MR) is 63.4 cm³/mol. The van der Waals surface area contributed by atoms with Crippen LogP contribution in [0.4, 0.5) is 45.2 Å². The lowest BCUT2D eigenvalue weighted by molar-refractivity contribution is -0.388. The van der Waals surface area contributed by atoms with Gasteiger partial charge in [0, 0.05) is 12.2 Å². The van der Waals surface area contributed by atoms with E-state index in [-0.39, 0.29) is 17.0 Å². The number of para-hydroxylation sites is 1. The first-order chi connectivity index (χ1) is 10.7. The van der Waals surface area contributed by atoms with E-state index < -0.39 is 36.4 Å². The van der Waals surface area contributed by atoms with Crippen molar-refractivity contribution >= 4 is 11.6 Å². The summed E-state index contributed by atoms with van der Waals surface area (Å²) < 4.78 is 116. The van der Waals surface area contributed by atoms with Gasteiger partial charge in [0.25, 0.3) is 0 Å². The van der Waals surface area contributed by atoms with Crippen molar-refractivity contribution in [2.45, 2.75) is 30.4 Å². The van der Waals surface area contributed by atoms with Crippen LogP contribution < -0.4 is 4.90 Å². The van der Waals surface area contributed by atoms with Crippen molar-refractivity contribution in [1.29, 1.82) is 0 Å². The lowest BCUT2D eigenvalue weighted by Crippen LogP contribution is -2.65. The molecule has 134 valence electrons. The molecule has 2 rings (SSSR count). The van der Waals surface area contributed by atoms with E-state index in [1.165, 1.54) is 18.2 Å². The minimum atomic E-state index is -7.08. The smallest absolute Gasteiger partial charge is 0.306 e. The van der Waals surface area contributed by atoms with E-state index in [1.807, 2.05) is 0 Å². The van der Waals surface area contributed by atoms with Crippen LogP contribution in [0.15, 0.2) is 24.3 Å². The fourth-order valence-electron chi connectivity index (χ4n) is 2.23. The van der Waals surface area contributed by atoms with Gasteiger partial charge in [-0.05, 0) is 18.1 Å². The van der Waals surface area contributed by atoms with E-state index in [1.54, 1.807) is 0 Å². The third-order valence-corrected chi connectivity index (χ3v) is 3.55. The standard InChI is InChI=1S/C13H8F9NO/c14-10(15,11(16,17)12(18,19)13(20,21)22)9(24)23-6-5-7-3-1-2-4-8(7)23/h1-4H,5-6H2. The topological polar surface area (TPSA) is 20.3 Å². The largest absolute Gasteiger partial charge is 0.460 e. The molecular weight excluding hydrogens is 357 g/mol. The highest BCUT2D eigenvalue weighted by Gasteiger charge is 2.84. The summed E-state index contributed by atoms with van der Waals surface area (Å²) >= 11 is 0. The van der Waals surface area contributed by atoms with E-state index in [0.717, 1.165) is 6.07 Å². The normalized spacial score (nSPS) is 16.3. The molecule has 0 saturated heterocycles. The van der Waals surface area contributed by atoms with Crippen LogP contribution in [0.5, 0.6) is 0 Å². The third kappa shape index (κ3) is 2.40. The number of carbonyl (C=O) groups is 1. The second-order valence-corrected chi connectivity index (χ2v) is 5.06. The molecule has 11 heteroatoms. The molecule has 24 heavy (non-hydrogen) atoms. The Morgan fingerprint density at radius 1 is 0.875 bits per heavy atom. The average Bonchev–Trinajstić information content (AvgIpc) is 2.88. The molecule has 1 aromatic rings. The molecular formula is C13H8F9NO. The lowest BCUT2D eigenvalue weighted by atomic mass is 10.0. The minimum absolute atomic E-state index is 0.0285. The van der Waals surface area contributed by atoms with Crippen LogP contribution in [-0.4, -0.2) is 36.4 Å². The van der Waals surface area contributed by atoms with Gasteiger partial charge in [0.2, 0.25) is 0 Å². The summed E-state index contributed by atoms with van der Waals surface area (Å²) in [5.41, 5.74) is 0.0563. The van der Waals surface area contributed by atoms with E-state index in [4.69, 9.17) is 0 Å². The number of halogens is 9. The fourth-order valence-corrected chi connectivity index (χ4v) is 2.23. The highest BCUT2D eigenvalue weighted by Crippen LogP contribution is 2.53. The van der Waals surface area contributed by atoms with Crippen LogP contribution in [-0.2, 0) is 11.2 Å². The Bertz CT molecular complexity index is 653. The second kappa shape index (κ2) is 5.28. The number of rotatable bonds is 3. The molecule has 0 atom stereocenters. The van der Waals surface area contributed by atoms with Gasteiger partial charge in [-0.3, -0.25) is 4.79 Å². The lowest BCUT2D eigenvalue weighted by Gasteiger charge is -2.34. The maximum Gasteiger partial charge on any atom is 0.460 e. The summed E-state index contributed by atoms with van der Waals surface area (Å²) in [6, 6.07) is 5.20. The van der Waals surface area contributed by atoms with Crippen LogP contribution in [0.2, 0.25) is 0 Å². The van der Waals surface area contributed by atoms with E-state index in [0.29, 0.717) is 5.56 Å². The minimum Gasteiger partial charge on any atom is -0.306 e. The first-order valence-electron chi connectivity index (χ1n) is 6.35. The van der Waals surface area contributed by atoms with Crippen LogP contribution in [0, 0.1) is 0 Å². The van der Waals surface area contributed by atoms with Crippen molar-refractivity contribution in [3.8, 4) is 0 Å². The third-order valence-electron chi connectivity index (χ3n) is 3.55. The first kappa shape index (κ1) is 18.4. The van der Waals surface area contributed by atoms with Gasteiger partial charge in [-0.2, -0.15) is 39.5 Å². The quantitative estimate of drug-likeness (QED) is 0.741. The molecule has 1 aliphatic heterocycles. The highest BCUT2D eigenvalue weighted by atomic mass is 19.4. The number of carbonyl (C=O) groups excluding carboxylic acids is 1. The molecule has 1 amide bonds. The van der Waals surface area contributed by atoms with Gasteiger partial charge in [0.05, 0.1) is 0 Å². The molecule has 2 nitrogen and oxygen atoms in total. The summed E-state index contributed by atoms with van der Waals surface area (Å²) in [4.78, 5) is 11.7. The molecule has 1 aromatic carbocycles. The number of amides is 1. The van der Waals surface area contributed by atoms with E-state index in [9.17, 15) is 44.3 Å².